The minimum Gasteiger partial charge on any atom is -0.489 e. The molecular weight excluding hydrogens is 360 g/mol. The van der Waals surface area contributed by atoms with Gasteiger partial charge in [0.2, 0.25) is 0 Å². The molecule has 0 atom stereocenters. The van der Waals surface area contributed by atoms with Crippen LogP contribution in [0.3, 0.4) is 0 Å². The second kappa shape index (κ2) is 15.1. The number of nitro groups is 1. The molecule has 0 spiro atoms. The summed E-state index contributed by atoms with van der Waals surface area (Å²) in [5, 5.41) is 22.3. The third kappa shape index (κ3) is 10.7. The zero-order chi connectivity index (χ0) is 19.7. The summed E-state index contributed by atoms with van der Waals surface area (Å²) in [5.41, 5.74) is 0.645. The van der Waals surface area contributed by atoms with Gasteiger partial charge >= 0.3 is 0 Å². The van der Waals surface area contributed by atoms with Crippen LogP contribution in [0.25, 0.3) is 0 Å². The first-order valence-corrected chi connectivity index (χ1v) is 8.70. The quantitative estimate of drug-likeness (QED) is 0.229. The Morgan fingerprint density at radius 1 is 0.926 bits per heavy atom. The van der Waals surface area contributed by atoms with Crippen LogP contribution in [0.1, 0.15) is 0 Å². The number of anilines is 1. The van der Waals surface area contributed by atoms with Gasteiger partial charge in [-0.3, -0.25) is 10.1 Å². The Kier molecular flexibility index (Phi) is 12.9. The summed E-state index contributed by atoms with van der Waals surface area (Å²) in [6, 6.07) is 4.39. The smallest absolute Gasteiger partial charge is 0.273 e. The van der Waals surface area contributed by atoms with E-state index in [9.17, 15) is 10.1 Å². The molecule has 0 unspecified atom stereocenters. The van der Waals surface area contributed by atoms with Crippen LogP contribution in [0, 0.1) is 10.1 Å². The zero-order valence-electron chi connectivity index (χ0n) is 15.6. The Morgan fingerprint density at radius 2 is 1.44 bits per heavy atom. The zero-order valence-corrected chi connectivity index (χ0v) is 15.6. The van der Waals surface area contributed by atoms with Gasteiger partial charge in [-0.1, -0.05) is 0 Å². The van der Waals surface area contributed by atoms with E-state index in [2.05, 4.69) is 5.32 Å². The van der Waals surface area contributed by atoms with E-state index in [-0.39, 0.29) is 18.9 Å². The highest BCUT2D eigenvalue weighted by Gasteiger charge is 2.11. The fourth-order valence-corrected chi connectivity index (χ4v) is 1.99. The number of nitro benzene ring substituents is 1. The molecule has 1 aromatic carbocycles. The number of non-ortho nitro benzene ring substituents is 1. The first-order valence-electron chi connectivity index (χ1n) is 8.70. The summed E-state index contributed by atoms with van der Waals surface area (Å²) >= 11 is 0. The van der Waals surface area contributed by atoms with Crippen molar-refractivity contribution in [3.05, 3.63) is 28.3 Å². The van der Waals surface area contributed by atoms with Crippen LogP contribution >= 0.6 is 0 Å². The van der Waals surface area contributed by atoms with Gasteiger partial charge in [0, 0.05) is 13.1 Å². The highest BCUT2D eigenvalue weighted by Crippen LogP contribution is 2.28. The molecule has 27 heavy (non-hydrogen) atoms. The third-order valence-corrected chi connectivity index (χ3v) is 3.28. The van der Waals surface area contributed by atoms with Crippen LogP contribution in [0.15, 0.2) is 18.2 Å². The van der Waals surface area contributed by atoms with Crippen molar-refractivity contribution in [1.82, 2.24) is 0 Å². The maximum absolute atomic E-state index is 10.8. The molecule has 0 bridgehead atoms. The first-order chi connectivity index (χ1) is 13.2. The number of aliphatic hydroxyl groups excluding tert-OH is 1. The van der Waals surface area contributed by atoms with Gasteiger partial charge in [0.15, 0.2) is 0 Å². The van der Waals surface area contributed by atoms with E-state index in [4.69, 9.17) is 28.8 Å². The van der Waals surface area contributed by atoms with Gasteiger partial charge in [-0.25, -0.2) is 0 Å². The van der Waals surface area contributed by atoms with Crippen LogP contribution in [0.5, 0.6) is 5.75 Å². The Balaban J connectivity index is 2.01. The van der Waals surface area contributed by atoms with Crippen LogP contribution in [-0.2, 0) is 18.9 Å². The van der Waals surface area contributed by atoms with Crippen molar-refractivity contribution in [3.8, 4) is 5.75 Å². The average molecular weight is 388 g/mol. The van der Waals surface area contributed by atoms with Crippen molar-refractivity contribution in [1.29, 1.82) is 0 Å². The van der Waals surface area contributed by atoms with Gasteiger partial charge in [-0.2, -0.15) is 0 Å². The van der Waals surface area contributed by atoms with Crippen molar-refractivity contribution in [2.45, 2.75) is 0 Å². The number of nitrogens with one attached hydrogen (secondary N) is 1. The fourth-order valence-electron chi connectivity index (χ4n) is 1.99. The summed E-state index contributed by atoms with van der Waals surface area (Å²) in [5.74, 6) is 0.409. The van der Waals surface area contributed by atoms with E-state index in [1.54, 1.807) is 13.1 Å². The molecule has 10 heteroatoms. The Hall–Kier alpha value is -1.98. The molecule has 154 valence electrons. The molecule has 0 saturated carbocycles. The fraction of sp³-hybridized carbons (Fsp3) is 0.647. The molecule has 0 aliphatic rings. The van der Waals surface area contributed by atoms with Crippen molar-refractivity contribution in [3.63, 3.8) is 0 Å². The van der Waals surface area contributed by atoms with E-state index in [1.165, 1.54) is 12.1 Å². The Bertz CT molecular complexity index is 530. The molecule has 10 nitrogen and oxygen atoms in total. The number of rotatable bonds is 17. The van der Waals surface area contributed by atoms with E-state index in [0.717, 1.165) is 0 Å². The molecule has 0 radical (unpaired) electrons. The first kappa shape index (κ1) is 23.1. The van der Waals surface area contributed by atoms with E-state index in [0.29, 0.717) is 64.3 Å². The molecule has 0 amide bonds. The Labute approximate surface area is 158 Å². The monoisotopic (exact) mass is 388 g/mol. The SMILES string of the molecule is CNc1ccc([N+](=O)[O-])cc1OCCOCCOCCOCCOCCO. The van der Waals surface area contributed by atoms with Crippen molar-refractivity contribution in [2.24, 2.45) is 0 Å². The lowest BCUT2D eigenvalue weighted by Gasteiger charge is -2.11. The van der Waals surface area contributed by atoms with Crippen LogP contribution in [0.4, 0.5) is 11.4 Å². The molecule has 1 rings (SSSR count). The van der Waals surface area contributed by atoms with Crippen molar-refractivity contribution >= 4 is 11.4 Å². The summed E-state index contributed by atoms with van der Waals surface area (Å²) in [7, 11) is 1.72. The standard InChI is InChI=1S/C17H28N2O8/c1-18-16-3-2-15(19(21)22)14-17(16)27-13-12-26-11-10-25-9-8-24-7-6-23-5-4-20/h2-3,14,18,20H,4-13H2,1H3. The van der Waals surface area contributed by atoms with Crippen molar-refractivity contribution < 1.29 is 33.7 Å². The lowest BCUT2D eigenvalue weighted by atomic mass is 10.2. The summed E-state index contributed by atoms with van der Waals surface area (Å²) in [4.78, 5) is 10.4. The van der Waals surface area contributed by atoms with Crippen LogP contribution in [-0.4, -0.2) is 83.1 Å². The van der Waals surface area contributed by atoms with Crippen LogP contribution < -0.4 is 10.1 Å². The highest BCUT2D eigenvalue weighted by atomic mass is 16.6. The van der Waals surface area contributed by atoms with Gasteiger partial charge in [0.25, 0.3) is 5.69 Å². The van der Waals surface area contributed by atoms with Gasteiger partial charge < -0.3 is 34.1 Å². The molecule has 2 N–H and O–H groups in total. The Morgan fingerprint density at radius 3 is 1.93 bits per heavy atom. The number of benzene rings is 1. The number of ether oxygens (including phenoxy) is 5. The second-order valence-corrected chi connectivity index (χ2v) is 5.21. The molecule has 0 aliphatic heterocycles. The summed E-state index contributed by atoms with van der Waals surface area (Å²) < 4.78 is 26.6. The predicted octanol–water partition coefficient (Wildman–Crippen LogP) is 1.07. The largest absolute Gasteiger partial charge is 0.489 e. The molecule has 0 heterocycles. The van der Waals surface area contributed by atoms with Crippen molar-refractivity contribution in [2.75, 3.05) is 78.4 Å². The molecular formula is C17H28N2O8. The number of nitrogens with zero attached hydrogens (tertiary/aromatic N) is 1. The number of hydrogen-bond donors (Lipinski definition) is 2. The van der Waals surface area contributed by atoms with Gasteiger partial charge in [0.1, 0.15) is 12.4 Å². The topological polar surface area (TPSA) is 122 Å². The van der Waals surface area contributed by atoms with E-state index in [1.807, 2.05) is 0 Å². The van der Waals surface area contributed by atoms with Gasteiger partial charge in [-0.05, 0) is 6.07 Å². The summed E-state index contributed by atoms with van der Waals surface area (Å²) in [6.07, 6.45) is 0. The van der Waals surface area contributed by atoms with E-state index < -0.39 is 4.92 Å². The molecule has 0 fully saturated rings. The van der Waals surface area contributed by atoms with Crippen LogP contribution in [0.2, 0.25) is 0 Å². The molecule has 0 aromatic heterocycles. The second-order valence-electron chi connectivity index (χ2n) is 5.21. The van der Waals surface area contributed by atoms with Gasteiger partial charge in [-0.15, -0.1) is 0 Å². The maximum Gasteiger partial charge on any atom is 0.273 e. The normalized spacial score (nSPS) is 10.7. The average Bonchev–Trinajstić information content (AvgIpc) is 2.68. The lowest BCUT2D eigenvalue weighted by molar-refractivity contribution is -0.384. The molecule has 0 saturated heterocycles. The number of hydrogen-bond acceptors (Lipinski definition) is 9. The molecule has 1 aromatic rings. The molecule has 0 aliphatic carbocycles. The maximum atomic E-state index is 10.8. The lowest BCUT2D eigenvalue weighted by Crippen LogP contribution is -2.14. The third-order valence-electron chi connectivity index (χ3n) is 3.28. The minimum absolute atomic E-state index is 0.01000. The number of aliphatic hydroxyl groups is 1. The van der Waals surface area contributed by atoms with E-state index >= 15 is 0 Å². The summed E-state index contributed by atoms with van der Waals surface area (Å²) in [6.45, 7) is 3.62. The highest BCUT2D eigenvalue weighted by molar-refractivity contribution is 5.60. The predicted molar refractivity (Wildman–Crippen MR) is 98.5 cm³/mol. The minimum atomic E-state index is -0.466. The van der Waals surface area contributed by atoms with Gasteiger partial charge in [0.05, 0.1) is 76.1 Å².